The Morgan fingerprint density at radius 3 is 2.55 bits per heavy atom. The van der Waals surface area contributed by atoms with Crippen molar-refractivity contribution in [3.05, 3.63) is 64.8 Å². The number of benzene rings is 2. The Morgan fingerprint density at radius 2 is 1.93 bits per heavy atom. The fourth-order valence-corrected chi connectivity index (χ4v) is 7.53. The number of urea groups is 1. The van der Waals surface area contributed by atoms with Crippen molar-refractivity contribution in [3.8, 4) is 11.4 Å². The summed E-state index contributed by atoms with van der Waals surface area (Å²) in [5.41, 5.74) is 7.13. The van der Waals surface area contributed by atoms with Crippen molar-refractivity contribution in [2.75, 3.05) is 43.2 Å². The summed E-state index contributed by atoms with van der Waals surface area (Å²) in [6, 6.07) is 12.3. The number of hydrogen-bond acceptors (Lipinski definition) is 8. The zero-order valence-electron chi connectivity index (χ0n) is 22.8. The second-order valence-corrected chi connectivity index (χ2v) is 13.0. The van der Waals surface area contributed by atoms with Gasteiger partial charge in [-0.2, -0.15) is 10.6 Å². The molecule has 3 amide bonds. The fraction of sp³-hybridized carbons (Fsp3) is 0.357. The van der Waals surface area contributed by atoms with Crippen molar-refractivity contribution in [3.63, 3.8) is 0 Å². The molecule has 2 aliphatic rings. The molecule has 224 valence electrons. The Bertz CT molecular complexity index is 1490. The molecule has 5 rings (SSSR count). The van der Waals surface area contributed by atoms with Crippen LogP contribution in [0.1, 0.15) is 35.8 Å². The van der Waals surface area contributed by atoms with Crippen LogP contribution in [0.5, 0.6) is 0 Å². The zero-order chi connectivity index (χ0) is 30.1. The van der Waals surface area contributed by atoms with Gasteiger partial charge in [0.15, 0.2) is 5.82 Å². The summed E-state index contributed by atoms with van der Waals surface area (Å²) in [5, 5.41) is 5.08. The molecule has 1 saturated carbocycles. The summed E-state index contributed by atoms with van der Waals surface area (Å²) in [7, 11) is -3.54. The Kier molecular flexibility index (Phi) is 8.58. The van der Waals surface area contributed by atoms with Gasteiger partial charge in [0.05, 0.1) is 34.9 Å². The number of halogens is 2. The molecule has 3 aromatic rings. The number of primary amides is 1. The van der Waals surface area contributed by atoms with Crippen LogP contribution in [0.2, 0.25) is 5.02 Å². The number of rotatable bonds is 9. The molecule has 1 aliphatic heterocycles. The van der Waals surface area contributed by atoms with E-state index in [2.05, 4.69) is 15.5 Å². The zero-order valence-corrected chi connectivity index (χ0v) is 24.4. The largest absolute Gasteiger partial charge is 0.377 e. The van der Waals surface area contributed by atoms with E-state index in [1.807, 2.05) is 6.92 Å². The third-order valence-corrected chi connectivity index (χ3v) is 10.5. The van der Waals surface area contributed by atoms with E-state index in [4.69, 9.17) is 32.0 Å². The van der Waals surface area contributed by atoms with Crippen molar-refractivity contribution in [1.29, 1.82) is 0 Å². The number of ether oxygens (including phenoxy) is 1. The van der Waals surface area contributed by atoms with Gasteiger partial charge in [0.25, 0.3) is 0 Å². The number of nitrogens with zero attached hydrogens (tertiary/aromatic N) is 3. The first-order valence-electron chi connectivity index (χ1n) is 13.4. The standard InChI is InChI=1S/C28H32ClFN6O5S/c1-17-16-41-13-12-36(17)24-15-23(28(8-9-28)42(39,40)22-7-4-19(25(31)37)14-21(22)29)34-26(35-24)18-2-5-20(6-3-18)33-27(38)32-11-10-30/h2-7,14-15,17,39-40H,8-13,16H2,1H3,(H2,31,37)(H2,32,33,38)/t17-/m0/s1. The van der Waals surface area contributed by atoms with E-state index in [1.165, 1.54) is 18.2 Å². The summed E-state index contributed by atoms with van der Waals surface area (Å²) in [4.78, 5) is 35.4. The molecule has 0 radical (unpaired) electrons. The fourth-order valence-electron chi connectivity index (χ4n) is 4.95. The molecular weight excluding hydrogens is 587 g/mol. The average Bonchev–Trinajstić information content (AvgIpc) is 3.79. The van der Waals surface area contributed by atoms with Gasteiger partial charge in [-0.1, -0.05) is 11.6 Å². The number of nitrogens with two attached hydrogens (primary N) is 1. The van der Waals surface area contributed by atoms with E-state index >= 15 is 0 Å². The lowest BCUT2D eigenvalue weighted by atomic mass is 10.1. The summed E-state index contributed by atoms with van der Waals surface area (Å²) in [6.45, 7) is 2.90. The minimum Gasteiger partial charge on any atom is -0.377 e. The van der Waals surface area contributed by atoms with E-state index in [0.29, 0.717) is 61.2 Å². The lowest BCUT2D eigenvalue weighted by Crippen LogP contribution is -2.44. The monoisotopic (exact) mass is 618 g/mol. The number of anilines is 2. The smallest absolute Gasteiger partial charge is 0.319 e. The molecule has 11 nitrogen and oxygen atoms in total. The lowest BCUT2D eigenvalue weighted by Gasteiger charge is -2.42. The maximum absolute atomic E-state index is 12.4. The number of alkyl halides is 1. The topological polar surface area (TPSA) is 163 Å². The average molecular weight is 619 g/mol. The van der Waals surface area contributed by atoms with E-state index in [1.54, 1.807) is 30.3 Å². The van der Waals surface area contributed by atoms with Gasteiger partial charge in [-0.05, 0) is 62.2 Å². The molecule has 1 aromatic heterocycles. The quantitative estimate of drug-likeness (QED) is 0.223. The maximum Gasteiger partial charge on any atom is 0.319 e. The first kappa shape index (κ1) is 30.0. The summed E-state index contributed by atoms with van der Waals surface area (Å²) >= 11 is 6.44. The molecular formula is C28H32ClFN6O5S. The van der Waals surface area contributed by atoms with Crippen molar-refractivity contribution < 1.29 is 27.8 Å². The van der Waals surface area contributed by atoms with Gasteiger partial charge < -0.3 is 26.0 Å². The van der Waals surface area contributed by atoms with Crippen LogP contribution in [0.15, 0.2) is 53.4 Å². The molecule has 1 saturated heterocycles. The Balaban J connectivity index is 1.54. The predicted molar refractivity (Wildman–Crippen MR) is 160 cm³/mol. The van der Waals surface area contributed by atoms with Crippen LogP contribution in [-0.4, -0.2) is 70.0 Å². The molecule has 42 heavy (non-hydrogen) atoms. The summed E-state index contributed by atoms with van der Waals surface area (Å²) in [5.74, 6) is 0.314. The molecule has 1 aliphatic carbocycles. The van der Waals surface area contributed by atoms with E-state index in [0.717, 1.165) is 0 Å². The number of hydrogen-bond donors (Lipinski definition) is 5. The lowest BCUT2D eigenvalue weighted by molar-refractivity contribution is 0.0985. The molecule has 14 heteroatoms. The van der Waals surface area contributed by atoms with Crippen LogP contribution in [0.3, 0.4) is 0 Å². The van der Waals surface area contributed by atoms with Crippen LogP contribution < -0.4 is 21.3 Å². The SMILES string of the molecule is C[C@H]1COCCN1c1cc(C2(S(O)(O)c3ccc(C(N)=O)cc3Cl)CC2)nc(-c2ccc(NC(=O)NCCF)cc2)n1. The molecule has 0 bridgehead atoms. The van der Waals surface area contributed by atoms with Crippen molar-refractivity contribution in [2.24, 2.45) is 5.73 Å². The maximum atomic E-state index is 12.4. The normalized spacial score (nSPS) is 18.3. The minimum absolute atomic E-state index is 0.0232. The molecule has 1 atom stereocenters. The first-order chi connectivity index (χ1) is 20.1. The number of amides is 3. The summed E-state index contributed by atoms with van der Waals surface area (Å²) < 4.78 is 40.3. The highest BCUT2D eigenvalue weighted by Crippen LogP contribution is 2.76. The van der Waals surface area contributed by atoms with E-state index in [9.17, 15) is 23.1 Å². The van der Waals surface area contributed by atoms with Gasteiger partial charge in [-0.25, -0.2) is 19.2 Å². The van der Waals surface area contributed by atoms with E-state index < -0.39 is 33.9 Å². The number of nitrogens with one attached hydrogen (secondary N) is 2. The van der Waals surface area contributed by atoms with E-state index in [-0.39, 0.29) is 28.1 Å². The Labute approximate surface area is 249 Å². The van der Waals surface area contributed by atoms with Crippen molar-refractivity contribution >= 4 is 45.6 Å². The van der Waals surface area contributed by atoms with Crippen LogP contribution in [0.25, 0.3) is 11.4 Å². The molecule has 2 fully saturated rings. The Hall–Kier alpha value is -3.49. The molecule has 0 unspecified atom stereocenters. The second-order valence-electron chi connectivity index (χ2n) is 10.3. The highest BCUT2D eigenvalue weighted by atomic mass is 35.5. The van der Waals surface area contributed by atoms with Crippen LogP contribution in [0.4, 0.5) is 20.7 Å². The van der Waals surface area contributed by atoms with Crippen molar-refractivity contribution in [2.45, 2.75) is 35.4 Å². The van der Waals surface area contributed by atoms with Gasteiger partial charge in [0.2, 0.25) is 5.91 Å². The van der Waals surface area contributed by atoms with Gasteiger partial charge in [-0.15, -0.1) is 0 Å². The Morgan fingerprint density at radius 1 is 1.19 bits per heavy atom. The number of morpholine rings is 1. The highest BCUT2D eigenvalue weighted by Gasteiger charge is 2.58. The number of carbonyl (C=O) groups is 2. The number of aromatic nitrogens is 2. The second kappa shape index (κ2) is 12.0. The van der Waals surface area contributed by atoms with Crippen molar-refractivity contribution in [1.82, 2.24) is 15.3 Å². The number of carbonyl (C=O) groups excluding carboxylic acids is 2. The molecule has 2 heterocycles. The highest BCUT2D eigenvalue weighted by molar-refractivity contribution is 8.25. The van der Waals surface area contributed by atoms with Crippen LogP contribution in [-0.2, 0) is 9.48 Å². The molecule has 6 N–H and O–H groups in total. The minimum atomic E-state index is -3.54. The summed E-state index contributed by atoms with van der Waals surface area (Å²) in [6.07, 6.45) is 0.906. The first-order valence-corrected chi connectivity index (χ1v) is 15.3. The van der Waals surface area contributed by atoms with Gasteiger partial charge in [0.1, 0.15) is 17.2 Å². The third-order valence-electron chi connectivity index (χ3n) is 7.39. The molecule has 0 spiro atoms. The van der Waals surface area contributed by atoms with Gasteiger partial charge >= 0.3 is 6.03 Å². The van der Waals surface area contributed by atoms with Crippen LogP contribution >= 0.6 is 22.2 Å². The predicted octanol–water partition coefficient (Wildman–Crippen LogP) is 5.01. The molecule has 2 aromatic carbocycles. The third kappa shape index (κ3) is 5.88. The van der Waals surface area contributed by atoms with Gasteiger partial charge in [0, 0.05) is 36.0 Å². The van der Waals surface area contributed by atoms with Crippen LogP contribution in [0, 0.1) is 0 Å². The van der Waals surface area contributed by atoms with Gasteiger partial charge in [-0.3, -0.25) is 13.9 Å².